The van der Waals surface area contributed by atoms with E-state index in [9.17, 15) is 9.59 Å². The lowest BCUT2D eigenvalue weighted by Gasteiger charge is -2.14. The first kappa shape index (κ1) is 16.8. The number of amides is 2. The van der Waals surface area contributed by atoms with Gasteiger partial charge in [0, 0.05) is 29.4 Å². The maximum atomic E-state index is 12.6. The van der Waals surface area contributed by atoms with Gasteiger partial charge in [0.2, 0.25) is 5.91 Å². The molecule has 2 fully saturated rings. The summed E-state index contributed by atoms with van der Waals surface area (Å²) in [5.74, 6) is -0.0243. The van der Waals surface area contributed by atoms with Crippen molar-refractivity contribution in [3.8, 4) is 0 Å². The largest absolute Gasteiger partial charge is 0.326 e. The van der Waals surface area contributed by atoms with Crippen molar-refractivity contribution in [2.24, 2.45) is 11.3 Å². The van der Waals surface area contributed by atoms with Crippen molar-refractivity contribution in [3.63, 3.8) is 0 Å². The molecule has 1 aliphatic heterocycles. The van der Waals surface area contributed by atoms with Crippen LogP contribution in [0.1, 0.15) is 28.8 Å². The second-order valence-electron chi connectivity index (χ2n) is 7.33. The van der Waals surface area contributed by atoms with Crippen LogP contribution < -0.4 is 16.0 Å². The third-order valence-electron chi connectivity index (χ3n) is 5.65. The van der Waals surface area contributed by atoms with Crippen LogP contribution in [0.4, 0.5) is 11.4 Å². The Bertz CT molecular complexity index is 842. The summed E-state index contributed by atoms with van der Waals surface area (Å²) in [6, 6.07) is 14.8. The molecule has 5 heteroatoms. The average Bonchev–Trinajstić information content (AvgIpc) is 3.14. The molecule has 0 aromatic heterocycles. The van der Waals surface area contributed by atoms with Crippen LogP contribution >= 0.6 is 0 Å². The van der Waals surface area contributed by atoms with Crippen LogP contribution in [0.5, 0.6) is 0 Å². The minimum absolute atomic E-state index is 0.0671. The van der Waals surface area contributed by atoms with Gasteiger partial charge in [0.05, 0.1) is 0 Å². The molecule has 1 aliphatic carbocycles. The molecule has 4 rings (SSSR count). The molecular formula is C21H23N3O2. The van der Waals surface area contributed by atoms with Crippen LogP contribution in [-0.2, 0) is 4.79 Å². The van der Waals surface area contributed by atoms with Crippen LogP contribution in [0.25, 0.3) is 0 Å². The summed E-state index contributed by atoms with van der Waals surface area (Å²) in [5, 5.41) is 9.28. The number of carbonyl (C=O) groups excluding carboxylic acids is 2. The van der Waals surface area contributed by atoms with E-state index in [2.05, 4.69) is 16.0 Å². The number of para-hydroxylation sites is 1. The molecule has 134 valence electrons. The fourth-order valence-corrected chi connectivity index (χ4v) is 3.91. The van der Waals surface area contributed by atoms with E-state index in [-0.39, 0.29) is 23.1 Å². The van der Waals surface area contributed by atoms with Crippen LogP contribution in [0.3, 0.4) is 0 Å². The van der Waals surface area contributed by atoms with Gasteiger partial charge in [0.15, 0.2) is 0 Å². The monoisotopic (exact) mass is 349 g/mol. The highest BCUT2D eigenvalue weighted by Gasteiger charge is 2.58. The highest BCUT2D eigenvalue weighted by molar-refractivity contribution is 6.07. The molecular weight excluding hydrogens is 326 g/mol. The maximum absolute atomic E-state index is 12.6. The van der Waals surface area contributed by atoms with Gasteiger partial charge in [-0.15, -0.1) is 0 Å². The van der Waals surface area contributed by atoms with Crippen molar-refractivity contribution in [1.82, 2.24) is 5.32 Å². The number of benzene rings is 2. The van der Waals surface area contributed by atoms with E-state index in [4.69, 9.17) is 0 Å². The quantitative estimate of drug-likeness (QED) is 0.794. The number of rotatable bonds is 4. The summed E-state index contributed by atoms with van der Waals surface area (Å²) in [5.41, 5.74) is 2.98. The fourth-order valence-electron chi connectivity index (χ4n) is 3.91. The van der Waals surface area contributed by atoms with Gasteiger partial charge in [-0.3, -0.25) is 9.59 Å². The van der Waals surface area contributed by atoms with Crippen molar-refractivity contribution < 1.29 is 9.59 Å². The second-order valence-corrected chi connectivity index (χ2v) is 7.33. The van der Waals surface area contributed by atoms with Gasteiger partial charge in [0.25, 0.3) is 5.91 Å². The molecule has 5 nitrogen and oxygen atoms in total. The van der Waals surface area contributed by atoms with Gasteiger partial charge < -0.3 is 16.0 Å². The van der Waals surface area contributed by atoms with E-state index in [1.54, 1.807) is 6.07 Å². The Morgan fingerprint density at radius 2 is 1.88 bits per heavy atom. The molecule has 1 heterocycles. The van der Waals surface area contributed by atoms with E-state index in [0.29, 0.717) is 11.3 Å². The third-order valence-corrected chi connectivity index (χ3v) is 5.65. The molecule has 0 unspecified atom stereocenters. The van der Waals surface area contributed by atoms with Crippen LogP contribution in [0.2, 0.25) is 0 Å². The smallest absolute Gasteiger partial charge is 0.256 e. The summed E-state index contributed by atoms with van der Waals surface area (Å²) in [7, 11) is 0. The molecule has 0 radical (unpaired) electrons. The summed E-state index contributed by atoms with van der Waals surface area (Å²) in [6.07, 6.45) is 2.03. The normalized spacial score (nSPS) is 23.7. The van der Waals surface area contributed by atoms with Gasteiger partial charge in [-0.2, -0.15) is 0 Å². The predicted octanol–water partition coefficient (Wildman–Crippen LogP) is 3.19. The molecule has 1 spiro atoms. The molecule has 26 heavy (non-hydrogen) atoms. The Balaban J connectivity index is 1.47. The van der Waals surface area contributed by atoms with Gasteiger partial charge in [0.1, 0.15) is 0 Å². The van der Waals surface area contributed by atoms with Crippen molar-refractivity contribution in [2.45, 2.75) is 19.8 Å². The lowest BCUT2D eigenvalue weighted by molar-refractivity contribution is -0.118. The SMILES string of the molecule is Cc1c(NC(=O)[C@H]2C[C@@]23CCNC3)cccc1C(=O)Nc1ccccc1. The van der Waals surface area contributed by atoms with Crippen LogP contribution in [0.15, 0.2) is 48.5 Å². The number of anilines is 2. The predicted molar refractivity (Wildman–Crippen MR) is 102 cm³/mol. The molecule has 2 aliphatic rings. The molecule has 1 saturated heterocycles. The molecule has 2 atom stereocenters. The first-order chi connectivity index (χ1) is 12.6. The lowest BCUT2D eigenvalue weighted by atomic mass is 10.0. The summed E-state index contributed by atoms with van der Waals surface area (Å²) in [6.45, 7) is 3.80. The van der Waals surface area contributed by atoms with Crippen molar-refractivity contribution in [2.75, 3.05) is 23.7 Å². The Hall–Kier alpha value is -2.66. The minimum Gasteiger partial charge on any atom is -0.326 e. The molecule has 2 amide bonds. The Labute approximate surface area is 153 Å². The topological polar surface area (TPSA) is 70.2 Å². The first-order valence-electron chi connectivity index (χ1n) is 9.07. The maximum Gasteiger partial charge on any atom is 0.256 e. The molecule has 0 bridgehead atoms. The first-order valence-corrected chi connectivity index (χ1v) is 9.07. The van der Waals surface area contributed by atoms with Crippen molar-refractivity contribution >= 4 is 23.2 Å². The van der Waals surface area contributed by atoms with Crippen LogP contribution in [0, 0.1) is 18.3 Å². The average molecular weight is 349 g/mol. The van der Waals surface area contributed by atoms with Gasteiger partial charge in [-0.1, -0.05) is 24.3 Å². The van der Waals surface area contributed by atoms with E-state index >= 15 is 0 Å². The van der Waals surface area contributed by atoms with E-state index in [0.717, 1.165) is 37.2 Å². The fraction of sp³-hybridized carbons (Fsp3) is 0.333. The van der Waals surface area contributed by atoms with E-state index < -0.39 is 0 Å². The summed E-state index contributed by atoms with van der Waals surface area (Å²) < 4.78 is 0. The second kappa shape index (κ2) is 6.57. The van der Waals surface area contributed by atoms with E-state index in [1.165, 1.54) is 0 Å². The third kappa shape index (κ3) is 3.10. The molecule has 1 saturated carbocycles. The lowest BCUT2D eigenvalue weighted by Crippen LogP contribution is -2.21. The standard InChI is InChI=1S/C21H23N3O2/c1-14-16(19(25)23-15-6-3-2-4-7-15)8-5-9-18(14)24-20(26)17-12-21(17)10-11-22-13-21/h2-9,17,22H,10-13H2,1H3,(H,23,25)(H,24,26)/t17-,21-/m1/s1. The molecule has 2 aromatic carbocycles. The van der Waals surface area contributed by atoms with Gasteiger partial charge in [-0.25, -0.2) is 0 Å². The summed E-state index contributed by atoms with van der Waals surface area (Å²) >= 11 is 0. The van der Waals surface area contributed by atoms with E-state index in [1.807, 2.05) is 49.4 Å². The zero-order valence-corrected chi connectivity index (χ0v) is 14.8. The zero-order chi connectivity index (χ0) is 18.1. The van der Waals surface area contributed by atoms with Crippen molar-refractivity contribution in [3.05, 3.63) is 59.7 Å². The number of hydrogen-bond donors (Lipinski definition) is 3. The zero-order valence-electron chi connectivity index (χ0n) is 14.8. The summed E-state index contributed by atoms with van der Waals surface area (Å²) in [4.78, 5) is 25.2. The highest BCUT2D eigenvalue weighted by atomic mass is 16.2. The Kier molecular flexibility index (Phi) is 4.24. The Morgan fingerprint density at radius 3 is 2.62 bits per heavy atom. The molecule has 3 N–H and O–H groups in total. The number of carbonyl (C=O) groups is 2. The minimum atomic E-state index is -0.173. The van der Waals surface area contributed by atoms with Gasteiger partial charge >= 0.3 is 0 Å². The number of nitrogens with one attached hydrogen (secondary N) is 3. The van der Waals surface area contributed by atoms with Gasteiger partial charge in [-0.05, 0) is 61.6 Å². The van der Waals surface area contributed by atoms with Crippen molar-refractivity contribution in [1.29, 1.82) is 0 Å². The highest BCUT2D eigenvalue weighted by Crippen LogP contribution is 2.56. The Morgan fingerprint density at radius 1 is 1.08 bits per heavy atom. The van der Waals surface area contributed by atoms with Crippen LogP contribution in [-0.4, -0.2) is 24.9 Å². The molecule has 2 aromatic rings. The number of hydrogen-bond acceptors (Lipinski definition) is 3.